The lowest BCUT2D eigenvalue weighted by Crippen LogP contribution is -2.17. The van der Waals surface area contributed by atoms with Gasteiger partial charge in [0, 0.05) is 17.4 Å². The number of fused-ring (bicyclic) bond motifs is 3. The summed E-state index contributed by atoms with van der Waals surface area (Å²) in [6, 6.07) is 20.3. The Morgan fingerprint density at radius 1 is 0.846 bits per heavy atom. The highest BCUT2D eigenvalue weighted by atomic mass is 15.1. The van der Waals surface area contributed by atoms with E-state index in [1.54, 1.807) is 0 Å². The van der Waals surface area contributed by atoms with Crippen LogP contribution in [0.5, 0.6) is 0 Å². The molecule has 2 bridgehead atoms. The van der Waals surface area contributed by atoms with Crippen molar-refractivity contribution in [3.8, 4) is 17.1 Å². The summed E-state index contributed by atoms with van der Waals surface area (Å²) in [7, 11) is 0. The lowest BCUT2D eigenvalue weighted by atomic mass is 9.81. The van der Waals surface area contributed by atoms with Crippen LogP contribution in [0, 0.1) is 6.92 Å². The van der Waals surface area contributed by atoms with E-state index < -0.39 is 0 Å². The molecule has 3 aromatic carbocycles. The Morgan fingerprint density at radius 2 is 1.62 bits per heavy atom. The molecule has 26 heavy (non-hydrogen) atoms. The highest BCUT2D eigenvalue weighted by Gasteiger charge is 2.32. The summed E-state index contributed by atoms with van der Waals surface area (Å²) in [4.78, 5) is 5.11. The minimum Gasteiger partial charge on any atom is -0.291 e. The van der Waals surface area contributed by atoms with Crippen LogP contribution >= 0.6 is 0 Å². The summed E-state index contributed by atoms with van der Waals surface area (Å²) < 4.78 is 2.43. The maximum atomic E-state index is 5.11. The van der Waals surface area contributed by atoms with Crippen molar-refractivity contribution in [2.45, 2.75) is 32.6 Å². The minimum absolute atomic E-state index is 0.370. The molecule has 2 atom stereocenters. The Morgan fingerprint density at radius 3 is 2.46 bits per heavy atom. The van der Waals surface area contributed by atoms with E-state index >= 15 is 0 Å². The van der Waals surface area contributed by atoms with Gasteiger partial charge in [0.15, 0.2) is 0 Å². The van der Waals surface area contributed by atoms with E-state index in [2.05, 4.69) is 79.9 Å². The maximum Gasteiger partial charge on any atom is 0.145 e. The summed E-state index contributed by atoms with van der Waals surface area (Å²) in [6.07, 6.45) is 0. The lowest BCUT2D eigenvalue weighted by Gasteiger charge is -2.31. The first-order valence-electron chi connectivity index (χ1n) is 9.40. The van der Waals surface area contributed by atoms with Gasteiger partial charge in [-0.2, -0.15) is 0 Å². The smallest absolute Gasteiger partial charge is 0.145 e. The van der Waals surface area contributed by atoms with Crippen LogP contribution in [0.15, 0.2) is 54.6 Å². The first kappa shape index (κ1) is 14.3. The van der Waals surface area contributed by atoms with Crippen LogP contribution in [0.2, 0.25) is 0 Å². The fourth-order valence-electron chi connectivity index (χ4n) is 4.96. The van der Waals surface area contributed by atoms with E-state index in [-0.39, 0.29) is 0 Å². The molecule has 0 aliphatic carbocycles. The number of rotatable bonds is 0. The third kappa shape index (κ3) is 1.60. The summed E-state index contributed by atoms with van der Waals surface area (Å²) in [5.41, 5.74) is 11.8. The van der Waals surface area contributed by atoms with Crippen LogP contribution in [-0.2, 0) is 0 Å². The Bertz CT molecular complexity index is 1230. The number of imidazole rings is 1. The van der Waals surface area contributed by atoms with Gasteiger partial charge in [0.2, 0.25) is 0 Å². The molecule has 126 valence electrons. The lowest BCUT2D eigenvalue weighted by molar-refractivity contribution is 0.829. The molecule has 6 rings (SSSR count). The van der Waals surface area contributed by atoms with Gasteiger partial charge in [0.1, 0.15) is 5.82 Å². The number of hydrogen-bond donors (Lipinski definition) is 0. The van der Waals surface area contributed by atoms with Crippen LogP contribution in [0.4, 0.5) is 0 Å². The number of aromatic nitrogens is 2. The van der Waals surface area contributed by atoms with Gasteiger partial charge in [-0.15, -0.1) is 0 Å². The Hall–Kier alpha value is -2.87. The van der Waals surface area contributed by atoms with Gasteiger partial charge >= 0.3 is 0 Å². The van der Waals surface area contributed by atoms with Crippen LogP contribution in [0.1, 0.15) is 53.5 Å². The zero-order valence-electron chi connectivity index (χ0n) is 15.2. The maximum absolute atomic E-state index is 5.11. The molecule has 3 heterocycles. The molecular formula is C24H20N2. The average Bonchev–Trinajstić information content (AvgIpc) is 3.03. The van der Waals surface area contributed by atoms with E-state index in [1.807, 2.05) is 0 Å². The monoisotopic (exact) mass is 336 g/mol. The minimum atomic E-state index is 0.370. The van der Waals surface area contributed by atoms with Crippen LogP contribution in [-0.4, -0.2) is 9.55 Å². The Labute approximate surface area is 153 Å². The molecule has 2 aliphatic rings. The van der Waals surface area contributed by atoms with Crippen molar-refractivity contribution in [1.82, 2.24) is 9.55 Å². The van der Waals surface area contributed by atoms with Crippen molar-refractivity contribution in [2.24, 2.45) is 0 Å². The first-order chi connectivity index (χ1) is 12.6. The van der Waals surface area contributed by atoms with Gasteiger partial charge in [-0.1, -0.05) is 56.3 Å². The van der Waals surface area contributed by atoms with E-state index in [0.717, 1.165) is 11.3 Å². The predicted molar refractivity (Wildman–Crippen MR) is 106 cm³/mol. The third-order valence-electron chi connectivity index (χ3n) is 6.29. The summed E-state index contributed by atoms with van der Waals surface area (Å²) in [5.74, 6) is 1.82. The SMILES string of the molecule is Cc1cc2c3c(c1)nc1n3-c3c(cccc3C2C)C(C)c2cccc-1c2. The second kappa shape index (κ2) is 4.64. The Kier molecular flexibility index (Phi) is 2.56. The molecule has 2 heteroatoms. The van der Waals surface area contributed by atoms with Crippen LogP contribution in [0.25, 0.3) is 28.1 Å². The molecule has 1 aromatic heterocycles. The summed E-state index contributed by atoms with van der Waals surface area (Å²) in [6.45, 7) is 6.83. The topological polar surface area (TPSA) is 17.8 Å². The van der Waals surface area contributed by atoms with Crippen molar-refractivity contribution in [3.63, 3.8) is 0 Å². The molecular weight excluding hydrogens is 316 g/mol. The summed E-state index contributed by atoms with van der Waals surface area (Å²) >= 11 is 0. The molecule has 0 saturated carbocycles. The fourth-order valence-corrected chi connectivity index (χ4v) is 4.96. The number of nitrogens with zero attached hydrogens (tertiary/aromatic N) is 2. The average molecular weight is 336 g/mol. The molecule has 0 spiro atoms. The van der Waals surface area contributed by atoms with Gasteiger partial charge < -0.3 is 0 Å². The predicted octanol–water partition coefficient (Wildman–Crippen LogP) is 5.93. The number of hydrogen-bond acceptors (Lipinski definition) is 1. The zero-order chi connectivity index (χ0) is 17.6. The molecule has 2 nitrogen and oxygen atoms in total. The van der Waals surface area contributed by atoms with Crippen molar-refractivity contribution < 1.29 is 0 Å². The molecule has 4 aromatic rings. The van der Waals surface area contributed by atoms with Crippen molar-refractivity contribution in [1.29, 1.82) is 0 Å². The van der Waals surface area contributed by atoms with E-state index in [0.29, 0.717) is 11.8 Å². The van der Waals surface area contributed by atoms with Crippen LogP contribution < -0.4 is 0 Å². The van der Waals surface area contributed by atoms with Gasteiger partial charge in [0.25, 0.3) is 0 Å². The number of benzene rings is 3. The molecule has 0 fully saturated rings. The molecule has 0 N–H and O–H groups in total. The van der Waals surface area contributed by atoms with E-state index in [1.165, 1.54) is 44.6 Å². The molecule has 0 radical (unpaired) electrons. The zero-order valence-corrected chi connectivity index (χ0v) is 15.2. The van der Waals surface area contributed by atoms with Gasteiger partial charge in [0.05, 0.1) is 16.7 Å². The molecule has 2 aliphatic heterocycles. The van der Waals surface area contributed by atoms with Gasteiger partial charge in [-0.3, -0.25) is 4.57 Å². The molecule has 2 unspecified atom stereocenters. The van der Waals surface area contributed by atoms with Gasteiger partial charge in [-0.05, 0) is 46.9 Å². The molecule has 0 amide bonds. The largest absolute Gasteiger partial charge is 0.291 e. The van der Waals surface area contributed by atoms with Crippen molar-refractivity contribution in [3.05, 3.63) is 82.4 Å². The van der Waals surface area contributed by atoms with Gasteiger partial charge in [-0.25, -0.2) is 4.98 Å². The highest BCUT2D eigenvalue weighted by Crippen LogP contribution is 2.47. The number of aryl methyl sites for hydroxylation is 1. The van der Waals surface area contributed by atoms with Crippen molar-refractivity contribution in [2.75, 3.05) is 0 Å². The third-order valence-corrected chi connectivity index (χ3v) is 6.29. The second-order valence-electron chi connectivity index (χ2n) is 7.85. The standard InChI is InChI=1S/C24H20N2/c1-13-10-20-15(3)19-9-5-8-18-14(2)16-6-4-7-17(12-16)24-25-21(11-13)23(20)26(24)22(18)19/h4-12,14-15H,1-3H3. The van der Waals surface area contributed by atoms with E-state index in [4.69, 9.17) is 4.98 Å². The van der Waals surface area contributed by atoms with Crippen LogP contribution in [0.3, 0.4) is 0 Å². The van der Waals surface area contributed by atoms with Crippen molar-refractivity contribution >= 4 is 11.0 Å². The quantitative estimate of drug-likeness (QED) is 0.389. The first-order valence-corrected chi connectivity index (χ1v) is 9.40. The Balaban J connectivity index is 1.91. The van der Waals surface area contributed by atoms with E-state index in [9.17, 15) is 0 Å². The fraction of sp³-hybridized carbons (Fsp3) is 0.208. The second-order valence-corrected chi connectivity index (χ2v) is 7.85. The normalized spacial score (nSPS) is 19.3. The number of para-hydroxylation sites is 1. The molecule has 0 saturated heterocycles. The summed E-state index contributed by atoms with van der Waals surface area (Å²) in [5, 5.41) is 0. The highest BCUT2D eigenvalue weighted by molar-refractivity contribution is 5.90.